The zero-order chi connectivity index (χ0) is 20.5. The average molecular weight is 445 g/mol. The Bertz CT molecular complexity index is 1020. The van der Waals surface area contributed by atoms with Gasteiger partial charge in [-0.15, -0.1) is 12.4 Å². The summed E-state index contributed by atoms with van der Waals surface area (Å²) in [4.78, 5) is 5.93. The topological polar surface area (TPSA) is 37.5 Å². The summed E-state index contributed by atoms with van der Waals surface area (Å²) in [5.41, 5.74) is 3.39. The number of nitrogens with zero attached hydrogens (tertiary/aromatic N) is 1. The highest BCUT2D eigenvalue weighted by molar-refractivity contribution is 5.85. The molecule has 1 unspecified atom stereocenters. The number of nitrogens with one attached hydrogen (secondary N) is 1. The van der Waals surface area contributed by atoms with Crippen LogP contribution in [0.3, 0.4) is 0 Å². The van der Waals surface area contributed by atoms with Crippen molar-refractivity contribution in [2.24, 2.45) is 0 Å². The molecule has 0 spiro atoms. The van der Waals surface area contributed by atoms with E-state index in [0.29, 0.717) is 12.1 Å². The number of H-pyrrole nitrogens is 1. The van der Waals surface area contributed by atoms with Gasteiger partial charge in [-0.05, 0) is 74.5 Å². The summed E-state index contributed by atoms with van der Waals surface area (Å²) in [6.07, 6.45) is 8.85. The van der Waals surface area contributed by atoms with Gasteiger partial charge in [0, 0.05) is 34.7 Å². The summed E-state index contributed by atoms with van der Waals surface area (Å²) in [6, 6.07) is 12.0. The molecule has 0 saturated heterocycles. The molecule has 0 amide bonds. The van der Waals surface area contributed by atoms with E-state index in [9.17, 15) is 4.39 Å². The van der Waals surface area contributed by atoms with E-state index < -0.39 is 0 Å². The highest BCUT2D eigenvalue weighted by Gasteiger charge is 2.34. The molecule has 4 nitrogen and oxygen atoms in total. The number of methoxy groups -OCH3 is 1. The standard InChI is InChI=1S/C25H29FN2O2.ClH/c1-29-24-8-3-9-25-22(24)14-20(16-30-25)28(19-6-2-7-19)12-4-5-17-15-27-23-11-10-18(26)13-21(17)23;/h3,8-11,13,15,19-20,27H,2,4-7,12,14,16H2,1H3;1H. The maximum absolute atomic E-state index is 13.7. The van der Waals surface area contributed by atoms with Crippen LogP contribution in [-0.2, 0) is 12.8 Å². The third-order valence-electron chi connectivity index (χ3n) is 6.79. The molecule has 1 aromatic heterocycles. The molecule has 2 aromatic carbocycles. The number of rotatable bonds is 7. The van der Waals surface area contributed by atoms with E-state index in [4.69, 9.17) is 9.47 Å². The van der Waals surface area contributed by atoms with Crippen molar-refractivity contribution in [1.82, 2.24) is 9.88 Å². The summed E-state index contributed by atoms with van der Waals surface area (Å²) >= 11 is 0. The lowest BCUT2D eigenvalue weighted by Gasteiger charge is -2.44. The first kappa shape index (κ1) is 22.0. The van der Waals surface area contributed by atoms with E-state index in [0.717, 1.165) is 54.8 Å². The van der Waals surface area contributed by atoms with Crippen LogP contribution >= 0.6 is 12.4 Å². The first-order valence-corrected chi connectivity index (χ1v) is 11.0. The molecule has 1 aliphatic heterocycles. The van der Waals surface area contributed by atoms with E-state index in [1.54, 1.807) is 13.2 Å². The fourth-order valence-electron chi connectivity index (χ4n) is 4.96. The molecule has 1 saturated carbocycles. The Hall–Kier alpha value is -2.24. The zero-order valence-electron chi connectivity index (χ0n) is 17.9. The molecule has 1 fully saturated rings. The Labute approximate surface area is 189 Å². The van der Waals surface area contributed by atoms with Gasteiger partial charge in [0.15, 0.2) is 0 Å². The number of aryl methyl sites for hydroxylation is 1. The highest BCUT2D eigenvalue weighted by atomic mass is 35.5. The van der Waals surface area contributed by atoms with Crippen LogP contribution in [0.4, 0.5) is 4.39 Å². The van der Waals surface area contributed by atoms with E-state index in [-0.39, 0.29) is 18.2 Å². The fraction of sp³-hybridized carbons (Fsp3) is 0.440. The van der Waals surface area contributed by atoms with Crippen molar-refractivity contribution in [2.75, 3.05) is 20.3 Å². The van der Waals surface area contributed by atoms with Gasteiger partial charge in [-0.25, -0.2) is 4.39 Å². The number of hydrogen-bond acceptors (Lipinski definition) is 3. The third kappa shape index (κ3) is 4.39. The van der Waals surface area contributed by atoms with Crippen molar-refractivity contribution < 1.29 is 13.9 Å². The predicted octanol–water partition coefficient (Wildman–Crippen LogP) is 5.53. The number of halogens is 2. The molecule has 0 bridgehead atoms. The number of aromatic nitrogens is 1. The normalized spacial score (nSPS) is 18.2. The molecule has 5 rings (SSSR count). The minimum absolute atomic E-state index is 0. The minimum Gasteiger partial charge on any atom is -0.496 e. The Kier molecular flexibility index (Phi) is 6.73. The van der Waals surface area contributed by atoms with Crippen molar-refractivity contribution in [2.45, 2.75) is 50.6 Å². The fourth-order valence-corrected chi connectivity index (χ4v) is 4.96. The third-order valence-corrected chi connectivity index (χ3v) is 6.79. The van der Waals surface area contributed by atoms with Crippen molar-refractivity contribution in [3.63, 3.8) is 0 Å². The molecule has 3 aromatic rings. The maximum atomic E-state index is 13.7. The molecule has 1 atom stereocenters. The number of benzene rings is 2. The molecule has 166 valence electrons. The van der Waals surface area contributed by atoms with Crippen LogP contribution < -0.4 is 9.47 Å². The van der Waals surface area contributed by atoms with Crippen molar-refractivity contribution in [3.05, 3.63) is 59.5 Å². The van der Waals surface area contributed by atoms with E-state index >= 15 is 0 Å². The van der Waals surface area contributed by atoms with Crippen LogP contribution in [0.25, 0.3) is 10.9 Å². The van der Waals surface area contributed by atoms with Crippen molar-refractivity contribution in [3.8, 4) is 11.5 Å². The Morgan fingerprint density at radius 1 is 1.19 bits per heavy atom. The Balaban J connectivity index is 0.00000231. The van der Waals surface area contributed by atoms with Crippen molar-refractivity contribution >= 4 is 23.3 Å². The van der Waals surface area contributed by atoms with Gasteiger partial charge in [0.05, 0.1) is 7.11 Å². The summed E-state index contributed by atoms with van der Waals surface area (Å²) in [7, 11) is 1.73. The predicted molar refractivity (Wildman–Crippen MR) is 124 cm³/mol. The summed E-state index contributed by atoms with van der Waals surface area (Å²) in [5.74, 6) is 1.71. The smallest absolute Gasteiger partial charge is 0.126 e. The molecular weight excluding hydrogens is 415 g/mol. The minimum atomic E-state index is -0.175. The van der Waals surface area contributed by atoms with Crippen molar-refractivity contribution in [1.29, 1.82) is 0 Å². The number of fused-ring (bicyclic) bond motifs is 2. The van der Waals surface area contributed by atoms with E-state index in [2.05, 4.69) is 9.88 Å². The second kappa shape index (κ2) is 9.49. The molecule has 2 aliphatic rings. The van der Waals surface area contributed by atoms with Gasteiger partial charge in [-0.2, -0.15) is 0 Å². The lowest BCUT2D eigenvalue weighted by molar-refractivity contribution is 0.0431. The molecule has 1 N–H and O–H groups in total. The molecular formula is C25H30ClFN2O2. The number of aromatic amines is 1. The molecule has 1 aliphatic carbocycles. The van der Waals surface area contributed by atoms with Gasteiger partial charge in [0.25, 0.3) is 0 Å². The monoisotopic (exact) mass is 444 g/mol. The number of hydrogen-bond donors (Lipinski definition) is 1. The van der Waals surface area contributed by atoms with Gasteiger partial charge in [-0.3, -0.25) is 4.90 Å². The van der Waals surface area contributed by atoms with E-state index in [1.165, 1.54) is 36.5 Å². The first-order valence-electron chi connectivity index (χ1n) is 11.0. The molecule has 31 heavy (non-hydrogen) atoms. The summed E-state index contributed by atoms with van der Waals surface area (Å²) in [6.45, 7) is 1.76. The van der Waals surface area contributed by atoms with Gasteiger partial charge in [-0.1, -0.05) is 12.5 Å². The first-order chi connectivity index (χ1) is 14.7. The second-order valence-electron chi connectivity index (χ2n) is 8.54. The Morgan fingerprint density at radius 2 is 2.06 bits per heavy atom. The SMILES string of the molecule is COc1cccc2c1CC(N(CCCc1c[nH]c3ccc(F)cc13)C1CCC1)CO2.Cl. The van der Waals surface area contributed by atoms with Crippen LogP contribution in [0.2, 0.25) is 0 Å². The maximum Gasteiger partial charge on any atom is 0.126 e. The quantitative estimate of drug-likeness (QED) is 0.520. The van der Waals surface area contributed by atoms with Crippen LogP contribution in [0.5, 0.6) is 11.5 Å². The van der Waals surface area contributed by atoms with Gasteiger partial charge in [0.2, 0.25) is 0 Å². The molecule has 6 heteroatoms. The summed E-state index contributed by atoms with van der Waals surface area (Å²) < 4.78 is 25.4. The van der Waals surface area contributed by atoms with Gasteiger partial charge < -0.3 is 14.5 Å². The van der Waals surface area contributed by atoms with Crippen LogP contribution in [0, 0.1) is 5.82 Å². The van der Waals surface area contributed by atoms with Crippen LogP contribution in [0.1, 0.15) is 36.8 Å². The molecule has 2 heterocycles. The average Bonchev–Trinajstić information content (AvgIpc) is 3.13. The van der Waals surface area contributed by atoms with E-state index in [1.807, 2.05) is 30.5 Å². The lowest BCUT2D eigenvalue weighted by Crippen LogP contribution is -2.51. The lowest BCUT2D eigenvalue weighted by atomic mass is 9.88. The van der Waals surface area contributed by atoms with Gasteiger partial charge >= 0.3 is 0 Å². The highest BCUT2D eigenvalue weighted by Crippen LogP contribution is 2.36. The Morgan fingerprint density at radius 3 is 2.84 bits per heavy atom. The van der Waals surface area contributed by atoms with Crippen LogP contribution in [0.15, 0.2) is 42.6 Å². The summed E-state index contributed by atoms with van der Waals surface area (Å²) in [5, 5.41) is 1.00. The van der Waals surface area contributed by atoms with Crippen LogP contribution in [-0.4, -0.2) is 42.2 Å². The largest absolute Gasteiger partial charge is 0.496 e. The van der Waals surface area contributed by atoms with Gasteiger partial charge in [0.1, 0.15) is 23.9 Å². The second-order valence-corrected chi connectivity index (χ2v) is 8.54. The number of ether oxygens (including phenoxy) is 2. The zero-order valence-corrected chi connectivity index (χ0v) is 18.7. The molecule has 0 radical (unpaired) electrons.